The van der Waals surface area contributed by atoms with Gasteiger partial charge in [-0.3, -0.25) is 4.79 Å². The fourth-order valence-electron chi connectivity index (χ4n) is 2.91. The molecule has 5 nitrogen and oxygen atoms in total. The number of amides is 1. The van der Waals surface area contributed by atoms with Crippen LogP contribution in [0.1, 0.15) is 46.9 Å². The van der Waals surface area contributed by atoms with Gasteiger partial charge in [0.25, 0.3) is 5.91 Å². The van der Waals surface area contributed by atoms with Crippen molar-refractivity contribution in [3.8, 4) is 5.82 Å². The first-order valence-corrected chi connectivity index (χ1v) is 9.56. The maximum Gasteiger partial charge on any atom is 0.417 e. The third-order valence-electron chi connectivity index (χ3n) is 4.33. The summed E-state index contributed by atoms with van der Waals surface area (Å²) in [5.41, 5.74) is 1.60. The average Bonchev–Trinajstić information content (AvgIpc) is 3.09. The molecule has 0 unspecified atom stereocenters. The Bertz CT molecular complexity index is 1040. The third-order valence-corrected chi connectivity index (χ3v) is 4.82. The van der Waals surface area contributed by atoms with E-state index < -0.39 is 11.7 Å². The Morgan fingerprint density at radius 1 is 1.17 bits per heavy atom. The summed E-state index contributed by atoms with van der Waals surface area (Å²) in [6.45, 7) is 5.62. The second kappa shape index (κ2) is 7.98. The summed E-state index contributed by atoms with van der Waals surface area (Å²) < 4.78 is 40.7. The number of rotatable bonds is 4. The standard InChI is InChI=1S/C20H18BrF3N4O/c1-11(2)18-15(19(29)27-16-6-5-14(21)8-12(16)3)10-26-28(18)17-7-4-13(9-25-17)20(22,23)24/h4-11H,1-3H3,(H,27,29). The molecule has 0 saturated heterocycles. The van der Waals surface area contributed by atoms with Gasteiger partial charge in [0.15, 0.2) is 5.82 Å². The van der Waals surface area contributed by atoms with Crippen LogP contribution in [0.2, 0.25) is 0 Å². The number of aromatic nitrogens is 3. The van der Waals surface area contributed by atoms with E-state index in [2.05, 4.69) is 31.3 Å². The Hall–Kier alpha value is -2.68. The second-order valence-electron chi connectivity index (χ2n) is 6.83. The minimum absolute atomic E-state index is 0.117. The second-order valence-corrected chi connectivity index (χ2v) is 7.74. The number of nitrogens with one attached hydrogen (secondary N) is 1. The molecule has 3 rings (SSSR count). The molecule has 0 saturated carbocycles. The zero-order valence-electron chi connectivity index (χ0n) is 15.9. The van der Waals surface area contributed by atoms with E-state index in [1.807, 2.05) is 32.9 Å². The van der Waals surface area contributed by atoms with E-state index in [0.29, 0.717) is 16.9 Å². The average molecular weight is 467 g/mol. The van der Waals surface area contributed by atoms with Crippen molar-refractivity contribution >= 4 is 27.5 Å². The monoisotopic (exact) mass is 466 g/mol. The normalized spacial score (nSPS) is 11.7. The van der Waals surface area contributed by atoms with Gasteiger partial charge in [0.05, 0.1) is 23.0 Å². The van der Waals surface area contributed by atoms with Gasteiger partial charge in [0, 0.05) is 16.4 Å². The van der Waals surface area contributed by atoms with Crippen LogP contribution in [0, 0.1) is 6.92 Å². The molecule has 0 spiro atoms. The number of alkyl halides is 3. The summed E-state index contributed by atoms with van der Waals surface area (Å²) in [4.78, 5) is 16.7. The van der Waals surface area contributed by atoms with Crippen molar-refractivity contribution in [3.05, 3.63) is 69.6 Å². The molecule has 0 aliphatic rings. The van der Waals surface area contributed by atoms with Crippen molar-refractivity contribution in [1.82, 2.24) is 14.8 Å². The Balaban J connectivity index is 1.95. The highest BCUT2D eigenvalue weighted by molar-refractivity contribution is 9.10. The van der Waals surface area contributed by atoms with E-state index >= 15 is 0 Å². The van der Waals surface area contributed by atoms with Gasteiger partial charge in [-0.05, 0) is 48.7 Å². The van der Waals surface area contributed by atoms with Gasteiger partial charge in [-0.2, -0.15) is 18.3 Å². The van der Waals surface area contributed by atoms with Crippen LogP contribution in [0.25, 0.3) is 5.82 Å². The number of anilines is 1. The number of carbonyl (C=O) groups excluding carboxylic acids is 1. The molecule has 0 bridgehead atoms. The van der Waals surface area contributed by atoms with Gasteiger partial charge >= 0.3 is 6.18 Å². The Kier molecular flexibility index (Phi) is 5.79. The zero-order chi connectivity index (χ0) is 21.3. The highest BCUT2D eigenvalue weighted by Gasteiger charge is 2.31. The lowest BCUT2D eigenvalue weighted by molar-refractivity contribution is -0.137. The van der Waals surface area contributed by atoms with Crippen LogP contribution in [0.4, 0.5) is 18.9 Å². The fourth-order valence-corrected chi connectivity index (χ4v) is 3.38. The molecule has 1 aromatic carbocycles. The summed E-state index contributed by atoms with van der Waals surface area (Å²) in [7, 11) is 0. The highest BCUT2D eigenvalue weighted by atomic mass is 79.9. The minimum Gasteiger partial charge on any atom is -0.322 e. The lowest BCUT2D eigenvalue weighted by Gasteiger charge is -2.14. The molecule has 0 aliphatic heterocycles. The van der Waals surface area contributed by atoms with Gasteiger partial charge in [0.1, 0.15) is 0 Å². The number of pyridine rings is 1. The van der Waals surface area contributed by atoms with Crippen LogP contribution < -0.4 is 5.32 Å². The summed E-state index contributed by atoms with van der Waals surface area (Å²) >= 11 is 3.38. The Morgan fingerprint density at radius 2 is 1.90 bits per heavy atom. The third kappa shape index (κ3) is 4.50. The molecule has 2 aromatic heterocycles. The molecule has 152 valence electrons. The van der Waals surface area contributed by atoms with Crippen LogP contribution >= 0.6 is 15.9 Å². The number of benzene rings is 1. The Labute approximate surface area is 174 Å². The summed E-state index contributed by atoms with van der Waals surface area (Å²) in [5, 5.41) is 7.06. The van der Waals surface area contributed by atoms with Gasteiger partial charge in [-0.1, -0.05) is 29.8 Å². The number of nitrogens with zero attached hydrogens (tertiary/aromatic N) is 3. The van der Waals surface area contributed by atoms with Gasteiger partial charge in [-0.25, -0.2) is 9.67 Å². The summed E-state index contributed by atoms with van der Waals surface area (Å²) in [6.07, 6.45) is -2.31. The largest absolute Gasteiger partial charge is 0.417 e. The van der Waals surface area contributed by atoms with Crippen molar-refractivity contribution in [3.63, 3.8) is 0 Å². The predicted molar refractivity (Wildman–Crippen MR) is 107 cm³/mol. The first-order valence-electron chi connectivity index (χ1n) is 8.77. The first kappa shape index (κ1) is 21.0. The molecule has 9 heteroatoms. The lowest BCUT2D eigenvalue weighted by atomic mass is 10.0. The van der Waals surface area contributed by atoms with Crippen LogP contribution in [0.15, 0.2) is 47.2 Å². The topological polar surface area (TPSA) is 59.8 Å². The SMILES string of the molecule is Cc1cc(Br)ccc1NC(=O)c1cnn(-c2ccc(C(F)(F)F)cn2)c1C(C)C. The zero-order valence-corrected chi connectivity index (χ0v) is 17.5. The molecule has 3 aromatic rings. The van der Waals surface area contributed by atoms with Gasteiger partial charge < -0.3 is 5.32 Å². The van der Waals surface area contributed by atoms with E-state index in [1.54, 1.807) is 6.07 Å². The molecular formula is C20H18BrF3N4O. The van der Waals surface area contributed by atoms with E-state index in [4.69, 9.17) is 0 Å². The minimum atomic E-state index is -4.47. The number of carbonyl (C=O) groups is 1. The van der Waals surface area contributed by atoms with Crippen molar-refractivity contribution in [1.29, 1.82) is 0 Å². The first-order chi connectivity index (χ1) is 13.6. The van der Waals surface area contributed by atoms with Crippen LogP contribution in [0.3, 0.4) is 0 Å². The van der Waals surface area contributed by atoms with E-state index in [-0.39, 0.29) is 17.6 Å². The smallest absolute Gasteiger partial charge is 0.322 e. The van der Waals surface area contributed by atoms with Gasteiger partial charge in [-0.15, -0.1) is 0 Å². The molecule has 29 heavy (non-hydrogen) atoms. The molecule has 2 heterocycles. The number of halogens is 4. The number of hydrogen-bond donors (Lipinski definition) is 1. The van der Waals surface area contributed by atoms with Gasteiger partial charge in [0.2, 0.25) is 0 Å². The van der Waals surface area contributed by atoms with Crippen LogP contribution in [-0.4, -0.2) is 20.7 Å². The number of aryl methyl sites for hydroxylation is 1. The molecule has 0 atom stereocenters. The molecule has 1 N–H and O–H groups in total. The van der Waals surface area contributed by atoms with Crippen molar-refractivity contribution < 1.29 is 18.0 Å². The lowest BCUT2D eigenvalue weighted by Crippen LogP contribution is -2.16. The molecular weight excluding hydrogens is 449 g/mol. The quantitative estimate of drug-likeness (QED) is 0.533. The molecule has 0 radical (unpaired) electrons. The highest BCUT2D eigenvalue weighted by Crippen LogP contribution is 2.30. The molecule has 1 amide bonds. The maximum atomic E-state index is 12.9. The van der Waals surface area contributed by atoms with Crippen molar-refractivity contribution in [2.75, 3.05) is 5.32 Å². The van der Waals surface area contributed by atoms with E-state index in [0.717, 1.165) is 22.3 Å². The van der Waals surface area contributed by atoms with E-state index in [1.165, 1.54) is 16.9 Å². The van der Waals surface area contributed by atoms with Crippen LogP contribution in [0.5, 0.6) is 0 Å². The van der Waals surface area contributed by atoms with Crippen molar-refractivity contribution in [2.45, 2.75) is 32.9 Å². The number of hydrogen-bond acceptors (Lipinski definition) is 3. The summed E-state index contributed by atoms with van der Waals surface area (Å²) in [6, 6.07) is 7.67. The predicted octanol–water partition coefficient (Wildman–Crippen LogP) is 5.73. The molecule has 0 fully saturated rings. The summed E-state index contributed by atoms with van der Waals surface area (Å²) in [5.74, 6) is -0.258. The maximum absolute atomic E-state index is 12.9. The van der Waals surface area contributed by atoms with Crippen molar-refractivity contribution in [2.24, 2.45) is 0 Å². The Morgan fingerprint density at radius 3 is 2.45 bits per heavy atom. The molecule has 0 aliphatic carbocycles. The van der Waals surface area contributed by atoms with E-state index in [9.17, 15) is 18.0 Å². The van der Waals surface area contributed by atoms with Crippen LogP contribution in [-0.2, 0) is 6.18 Å². The fraction of sp³-hybridized carbons (Fsp3) is 0.250.